The van der Waals surface area contributed by atoms with Gasteiger partial charge < -0.3 is 9.64 Å². The van der Waals surface area contributed by atoms with Gasteiger partial charge in [-0.2, -0.15) is 0 Å². The second-order valence-corrected chi connectivity index (χ2v) is 10.2. The Labute approximate surface area is 209 Å². The van der Waals surface area contributed by atoms with Gasteiger partial charge in [-0.1, -0.05) is 24.3 Å². The zero-order valence-corrected chi connectivity index (χ0v) is 21.0. The first-order valence-corrected chi connectivity index (χ1v) is 12.2. The largest absolute Gasteiger partial charge is 0.444 e. The quantitative estimate of drug-likeness (QED) is 0.354. The Balaban J connectivity index is 1.47. The van der Waals surface area contributed by atoms with Gasteiger partial charge in [0.15, 0.2) is 5.65 Å². The maximum atomic E-state index is 13.9. The predicted octanol–water partition coefficient (Wildman–Crippen LogP) is 6.53. The van der Waals surface area contributed by atoms with Crippen LogP contribution in [-0.2, 0) is 4.74 Å². The van der Waals surface area contributed by atoms with Crippen molar-refractivity contribution in [2.45, 2.75) is 52.2 Å². The molecule has 1 N–H and O–H groups in total. The number of hydrogen-bond acceptors (Lipinski definition) is 5. The van der Waals surface area contributed by atoms with Gasteiger partial charge in [-0.05, 0) is 82.0 Å². The number of ether oxygens (including phenoxy) is 1. The third-order valence-corrected chi connectivity index (χ3v) is 6.30. The fourth-order valence-corrected chi connectivity index (χ4v) is 4.64. The Kier molecular flexibility index (Phi) is 6.12. The first-order valence-electron chi connectivity index (χ1n) is 12.2. The SMILES string of the molecule is Cc1ccc(-c2cnc3ccc(N4CCCC4c4cccc(F)c4)nn23)cc1NC(=O)OC(C)(C)C. The highest BCUT2D eigenvalue weighted by Gasteiger charge is 2.28. The lowest BCUT2D eigenvalue weighted by atomic mass is 10.0. The summed E-state index contributed by atoms with van der Waals surface area (Å²) in [4.78, 5) is 19.1. The molecule has 0 saturated carbocycles. The summed E-state index contributed by atoms with van der Waals surface area (Å²) in [5.41, 5.74) is 4.35. The lowest BCUT2D eigenvalue weighted by molar-refractivity contribution is 0.0636. The molecule has 1 aliphatic heterocycles. The average molecular weight is 488 g/mol. The molecule has 0 aliphatic carbocycles. The Morgan fingerprint density at radius 3 is 2.75 bits per heavy atom. The van der Waals surface area contributed by atoms with E-state index in [2.05, 4.69) is 15.2 Å². The molecule has 5 rings (SSSR count). The smallest absolute Gasteiger partial charge is 0.412 e. The van der Waals surface area contributed by atoms with E-state index in [0.29, 0.717) is 5.69 Å². The standard InChI is InChI=1S/C28H30FN5O2/c1-18-10-11-20(16-22(18)31-27(35)36-28(2,3)4)24-17-30-25-12-13-26(32-34(24)25)33-14-6-9-23(33)19-7-5-8-21(29)15-19/h5,7-8,10-13,15-17,23H,6,9,14H2,1-4H3,(H,31,35). The maximum Gasteiger partial charge on any atom is 0.412 e. The molecule has 1 fully saturated rings. The number of amides is 1. The molecular weight excluding hydrogens is 457 g/mol. The minimum atomic E-state index is -0.587. The molecule has 1 aliphatic rings. The van der Waals surface area contributed by atoms with Crippen molar-refractivity contribution in [2.24, 2.45) is 0 Å². The molecule has 1 amide bonds. The molecule has 8 heteroatoms. The van der Waals surface area contributed by atoms with Gasteiger partial charge in [0.25, 0.3) is 0 Å². The van der Waals surface area contributed by atoms with E-state index < -0.39 is 11.7 Å². The predicted molar refractivity (Wildman–Crippen MR) is 139 cm³/mol. The van der Waals surface area contributed by atoms with E-state index in [0.717, 1.165) is 53.2 Å². The molecule has 7 nitrogen and oxygen atoms in total. The zero-order chi connectivity index (χ0) is 25.4. The molecule has 1 saturated heterocycles. The number of aryl methyl sites for hydroxylation is 1. The van der Waals surface area contributed by atoms with Crippen molar-refractivity contribution in [1.29, 1.82) is 0 Å². The Hall–Kier alpha value is -3.94. The van der Waals surface area contributed by atoms with Crippen LogP contribution in [-0.4, -0.2) is 32.8 Å². The van der Waals surface area contributed by atoms with E-state index in [9.17, 15) is 9.18 Å². The van der Waals surface area contributed by atoms with Crippen molar-refractivity contribution >= 4 is 23.2 Å². The third-order valence-electron chi connectivity index (χ3n) is 6.30. The summed E-state index contributed by atoms with van der Waals surface area (Å²) in [6.07, 6.45) is 3.23. The number of hydrogen-bond donors (Lipinski definition) is 1. The molecule has 2 aromatic heterocycles. The highest BCUT2D eigenvalue weighted by atomic mass is 19.1. The van der Waals surface area contributed by atoms with Crippen molar-refractivity contribution in [1.82, 2.24) is 14.6 Å². The summed E-state index contributed by atoms with van der Waals surface area (Å²) >= 11 is 0. The van der Waals surface area contributed by atoms with Gasteiger partial charge in [0.05, 0.1) is 17.9 Å². The fourth-order valence-electron chi connectivity index (χ4n) is 4.64. The van der Waals surface area contributed by atoms with Gasteiger partial charge in [0.2, 0.25) is 0 Å². The normalized spacial score (nSPS) is 15.9. The number of benzene rings is 2. The molecule has 0 spiro atoms. The number of rotatable bonds is 4. The summed E-state index contributed by atoms with van der Waals surface area (Å²) in [5.74, 6) is 0.586. The highest BCUT2D eigenvalue weighted by Crippen LogP contribution is 2.36. The first kappa shape index (κ1) is 23.8. The van der Waals surface area contributed by atoms with Crippen molar-refractivity contribution < 1.29 is 13.9 Å². The van der Waals surface area contributed by atoms with Crippen molar-refractivity contribution in [2.75, 3.05) is 16.8 Å². The number of nitrogens with zero attached hydrogens (tertiary/aromatic N) is 4. The van der Waals surface area contributed by atoms with Crippen LogP contribution in [0.2, 0.25) is 0 Å². The van der Waals surface area contributed by atoms with Crippen LogP contribution in [0.1, 0.15) is 50.8 Å². The first-order chi connectivity index (χ1) is 17.2. The molecule has 1 unspecified atom stereocenters. The van der Waals surface area contributed by atoms with E-state index in [1.807, 2.05) is 68.6 Å². The van der Waals surface area contributed by atoms with Crippen LogP contribution in [0.3, 0.4) is 0 Å². The van der Waals surface area contributed by atoms with Gasteiger partial charge in [-0.3, -0.25) is 5.32 Å². The number of anilines is 2. The molecule has 186 valence electrons. The monoisotopic (exact) mass is 487 g/mol. The van der Waals surface area contributed by atoms with Crippen LogP contribution in [0, 0.1) is 12.7 Å². The van der Waals surface area contributed by atoms with Gasteiger partial charge in [-0.25, -0.2) is 18.7 Å². The molecule has 1 atom stereocenters. The summed E-state index contributed by atoms with van der Waals surface area (Å²) < 4.78 is 21.1. The van der Waals surface area contributed by atoms with Crippen LogP contribution in [0.5, 0.6) is 0 Å². The Morgan fingerprint density at radius 1 is 1.14 bits per heavy atom. The molecule has 4 aromatic rings. The van der Waals surface area contributed by atoms with E-state index in [1.165, 1.54) is 6.07 Å². The maximum absolute atomic E-state index is 13.9. The zero-order valence-electron chi connectivity index (χ0n) is 21.0. The molecule has 2 aromatic carbocycles. The minimum absolute atomic E-state index is 0.0710. The second-order valence-electron chi connectivity index (χ2n) is 10.2. The second kappa shape index (κ2) is 9.26. The number of fused-ring (bicyclic) bond motifs is 1. The van der Waals surface area contributed by atoms with Crippen LogP contribution in [0.4, 0.5) is 20.7 Å². The van der Waals surface area contributed by atoms with E-state index in [4.69, 9.17) is 9.84 Å². The van der Waals surface area contributed by atoms with Crippen LogP contribution in [0.15, 0.2) is 60.8 Å². The number of halogens is 1. The molecule has 36 heavy (non-hydrogen) atoms. The van der Waals surface area contributed by atoms with Crippen LogP contribution < -0.4 is 10.2 Å². The molecule has 0 bridgehead atoms. The number of aromatic nitrogens is 3. The van der Waals surface area contributed by atoms with Gasteiger partial charge >= 0.3 is 6.09 Å². The van der Waals surface area contributed by atoms with E-state index in [-0.39, 0.29) is 11.9 Å². The van der Waals surface area contributed by atoms with Gasteiger partial charge in [-0.15, -0.1) is 5.10 Å². The third kappa shape index (κ3) is 4.89. The van der Waals surface area contributed by atoms with Gasteiger partial charge in [0, 0.05) is 17.8 Å². The number of imidazole rings is 1. The number of carbonyl (C=O) groups excluding carboxylic acids is 1. The topological polar surface area (TPSA) is 71.8 Å². The van der Waals surface area contributed by atoms with Gasteiger partial charge in [0.1, 0.15) is 17.2 Å². The molecular formula is C28H30FN5O2. The Morgan fingerprint density at radius 2 is 1.97 bits per heavy atom. The van der Waals surface area contributed by atoms with Crippen molar-refractivity contribution in [3.8, 4) is 11.3 Å². The summed E-state index contributed by atoms with van der Waals surface area (Å²) in [5, 5.41) is 7.78. The average Bonchev–Trinajstić information content (AvgIpc) is 3.46. The molecule has 0 radical (unpaired) electrons. The molecule has 3 heterocycles. The summed E-state index contributed by atoms with van der Waals surface area (Å²) in [6.45, 7) is 8.27. The number of carbonyl (C=O) groups is 1. The van der Waals surface area contributed by atoms with Crippen molar-refractivity contribution in [3.05, 3.63) is 77.7 Å². The van der Waals surface area contributed by atoms with Crippen molar-refractivity contribution in [3.63, 3.8) is 0 Å². The highest BCUT2D eigenvalue weighted by molar-refractivity contribution is 5.87. The Bertz CT molecular complexity index is 1430. The lowest BCUT2D eigenvalue weighted by Gasteiger charge is -2.26. The lowest BCUT2D eigenvalue weighted by Crippen LogP contribution is -2.27. The number of nitrogens with one attached hydrogen (secondary N) is 1. The van der Waals surface area contributed by atoms with Crippen LogP contribution >= 0.6 is 0 Å². The fraction of sp³-hybridized carbons (Fsp3) is 0.321. The summed E-state index contributed by atoms with van der Waals surface area (Å²) in [6, 6.07) is 16.6. The van der Waals surface area contributed by atoms with E-state index >= 15 is 0 Å². The minimum Gasteiger partial charge on any atom is -0.444 e. The van der Waals surface area contributed by atoms with E-state index in [1.54, 1.807) is 18.3 Å². The van der Waals surface area contributed by atoms with Crippen LogP contribution in [0.25, 0.3) is 16.9 Å². The summed E-state index contributed by atoms with van der Waals surface area (Å²) in [7, 11) is 0.